The maximum absolute atomic E-state index is 11.0. The molecule has 0 spiro atoms. The van der Waals surface area contributed by atoms with Gasteiger partial charge in [0.2, 0.25) is 17.6 Å². The van der Waals surface area contributed by atoms with E-state index in [1.165, 1.54) is 18.3 Å². The van der Waals surface area contributed by atoms with Gasteiger partial charge in [-0.15, -0.1) is 0 Å². The lowest BCUT2D eigenvalue weighted by Gasteiger charge is -2.08. The van der Waals surface area contributed by atoms with Crippen molar-refractivity contribution in [2.45, 2.75) is 6.92 Å². The Bertz CT molecular complexity index is 724. The molecule has 2 rings (SSSR count). The summed E-state index contributed by atoms with van der Waals surface area (Å²) in [7, 11) is 0. The largest absolute Gasteiger partial charge is 0.431 e. The molecule has 2 N–H and O–H groups in total. The monoisotopic (exact) mass is 271 g/mol. The first-order valence-electron chi connectivity index (χ1n) is 5.47. The van der Waals surface area contributed by atoms with E-state index in [9.17, 15) is 10.1 Å². The number of anilines is 1. The third kappa shape index (κ3) is 2.62. The molecule has 100 valence electrons. The number of aryl methyl sites for hydroxylation is 1. The normalized spacial score (nSPS) is 9.80. The summed E-state index contributed by atoms with van der Waals surface area (Å²) < 4.78 is 5.40. The Balaban J connectivity index is 2.46. The lowest BCUT2D eigenvalue weighted by atomic mass is 10.2. The fourth-order valence-electron chi connectivity index (χ4n) is 1.46. The average Bonchev–Trinajstić information content (AvgIpc) is 2.43. The first kappa shape index (κ1) is 13.2. The minimum absolute atomic E-state index is 0.00176. The van der Waals surface area contributed by atoms with E-state index in [4.69, 9.17) is 15.7 Å². The van der Waals surface area contributed by atoms with Gasteiger partial charge in [-0.05, 0) is 19.1 Å². The third-order valence-corrected chi connectivity index (χ3v) is 2.44. The van der Waals surface area contributed by atoms with Gasteiger partial charge in [0, 0.05) is 17.8 Å². The fourth-order valence-corrected chi connectivity index (χ4v) is 1.46. The van der Waals surface area contributed by atoms with Crippen LogP contribution in [0.4, 0.5) is 11.6 Å². The summed E-state index contributed by atoms with van der Waals surface area (Å²) in [5.74, 6) is 0.113. The summed E-state index contributed by atoms with van der Waals surface area (Å²) in [6.45, 7) is 1.68. The minimum Gasteiger partial charge on any atom is -0.431 e. The molecule has 8 heteroatoms. The van der Waals surface area contributed by atoms with Crippen LogP contribution in [0.5, 0.6) is 11.6 Å². The molecule has 0 bridgehead atoms. The van der Waals surface area contributed by atoms with Crippen LogP contribution >= 0.6 is 0 Å². The van der Waals surface area contributed by atoms with E-state index in [2.05, 4.69) is 9.97 Å². The van der Waals surface area contributed by atoms with E-state index < -0.39 is 4.92 Å². The summed E-state index contributed by atoms with van der Waals surface area (Å²) in [5, 5.41) is 19.7. The summed E-state index contributed by atoms with van der Waals surface area (Å²) >= 11 is 0. The number of nitrogen functional groups attached to an aromatic ring is 1. The van der Waals surface area contributed by atoms with Gasteiger partial charge in [-0.1, -0.05) is 0 Å². The molecule has 0 aliphatic rings. The zero-order valence-corrected chi connectivity index (χ0v) is 10.4. The van der Waals surface area contributed by atoms with Crippen molar-refractivity contribution in [3.63, 3.8) is 0 Å². The van der Waals surface area contributed by atoms with Crippen molar-refractivity contribution in [2.24, 2.45) is 0 Å². The molecule has 0 aliphatic carbocycles. The van der Waals surface area contributed by atoms with E-state index in [-0.39, 0.29) is 28.8 Å². The number of nitrogens with two attached hydrogens (primary N) is 1. The summed E-state index contributed by atoms with van der Waals surface area (Å²) in [6.07, 6.45) is 1.45. The molecule has 0 atom stereocenters. The molecule has 0 saturated carbocycles. The van der Waals surface area contributed by atoms with Gasteiger partial charge >= 0.3 is 5.69 Å². The highest BCUT2D eigenvalue weighted by molar-refractivity contribution is 5.53. The van der Waals surface area contributed by atoms with Crippen LogP contribution in [0.2, 0.25) is 0 Å². The quantitative estimate of drug-likeness (QED) is 0.667. The van der Waals surface area contributed by atoms with Crippen LogP contribution in [0, 0.1) is 28.4 Å². The van der Waals surface area contributed by atoms with Crippen LogP contribution in [-0.4, -0.2) is 14.9 Å². The van der Waals surface area contributed by atoms with Crippen molar-refractivity contribution in [1.82, 2.24) is 9.97 Å². The van der Waals surface area contributed by atoms with Crippen LogP contribution in [0.15, 0.2) is 24.4 Å². The lowest BCUT2D eigenvalue weighted by molar-refractivity contribution is -0.385. The maximum Gasteiger partial charge on any atom is 0.312 e. The zero-order valence-electron chi connectivity index (χ0n) is 10.4. The van der Waals surface area contributed by atoms with Gasteiger partial charge < -0.3 is 10.5 Å². The molecular formula is C12H9N5O3. The van der Waals surface area contributed by atoms with Crippen molar-refractivity contribution in [3.05, 3.63) is 45.6 Å². The Hall–Kier alpha value is -3.21. The Morgan fingerprint density at radius 3 is 2.90 bits per heavy atom. The highest BCUT2D eigenvalue weighted by atomic mass is 16.6. The summed E-state index contributed by atoms with van der Waals surface area (Å²) in [5.41, 5.74) is 5.88. The number of benzene rings is 1. The van der Waals surface area contributed by atoms with E-state index in [0.29, 0.717) is 5.56 Å². The molecule has 1 heterocycles. The Morgan fingerprint density at radius 1 is 1.50 bits per heavy atom. The van der Waals surface area contributed by atoms with Crippen LogP contribution in [0.3, 0.4) is 0 Å². The maximum atomic E-state index is 11.0. The standard InChI is InChI=1S/C12H9N5O3/c1-7-6-15-12(14)16-11(7)20-10-3-2-8(5-13)4-9(10)17(18)19/h2-4,6H,1H3,(H2,14,15,16). The SMILES string of the molecule is Cc1cnc(N)nc1Oc1ccc(C#N)cc1[N+](=O)[O-]. The van der Waals surface area contributed by atoms with E-state index in [1.807, 2.05) is 6.07 Å². The fraction of sp³-hybridized carbons (Fsp3) is 0.0833. The smallest absolute Gasteiger partial charge is 0.312 e. The first-order valence-corrected chi connectivity index (χ1v) is 5.47. The van der Waals surface area contributed by atoms with Gasteiger partial charge in [-0.25, -0.2) is 4.98 Å². The highest BCUT2D eigenvalue weighted by Crippen LogP contribution is 2.32. The molecular weight excluding hydrogens is 262 g/mol. The van der Waals surface area contributed by atoms with Gasteiger partial charge in [0.15, 0.2) is 0 Å². The van der Waals surface area contributed by atoms with Gasteiger partial charge in [0.05, 0.1) is 16.6 Å². The van der Waals surface area contributed by atoms with Crippen LogP contribution in [0.25, 0.3) is 0 Å². The van der Waals surface area contributed by atoms with Crippen LogP contribution in [0.1, 0.15) is 11.1 Å². The summed E-state index contributed by atoms with van der Waals surface area (Å²) in [6, 6.07) is 5.72. The molecule has 0 radical (unpaired) electrons. The van der Waals surface area contributed by atoms with Crippen LogP contribution < -0.4 is 10.5 Å². The molecule has 1 aromatic carbocycles. The minimum atomic E-state index is -0.629. The number of ether oxygens (including phenoxy) is 1. The van der Waals surface area contributed by atoms with E-state index in [0.717, 1.165) is 6.07 Å². The Morgan fingerprint density at radius 2 is 2.25 bits per heavy atom. The summed E-state index contributed by atoms with van der Waals surface area (Å²) in [4.78, 5) is 18.0. The van der Waals surface area contributed by atoms with E-state index >= 15 is 0 Å². The number of hydrogen-bond acceptors (Lipinski definition) is 7. The topological polar surface area (TPSA) is 128 Å². The van der Waals surface area contributed by atoms with Crippen molar-refractivity contribution >= 4 is 11.6 Å². The number of hydrogen-bond donors (Lipinski definition) is 1. The van der Waals surface area contributed by atoms with Crippen molar-refractivity contribution in [3.8, 4) is 17.7 Å². The van der Waals surface area contributed by atoms with Gasteiger partial charge in [0.1, 0.15) is 0 Å². The number of nitriles is 1. The molecule has 8 nitrogen and oxygen atoms in total. The average molecular weight is 271 g/mol. The second-order valence-corrected chi connectivity index (χ2v) is 3.87. The van der Waals surface area contributed by atoms with Gasteiger partial charge in [-0.2, -0.15) is 10.2 Å². The molecule has 1 aromatic heterocycles. The van der Waals surface area contributed by atoms with E-state index in [1.54, 1.807) is 6.92 Å². The predicted octanol–water partition coefficient (Wildman–Crippen LogP) is 1.94. The molecule has 2 aromatic rings. The van der Waals surface area contributed by atoms with Gasteiger partial charge in [0.25, 0.3) is 0 Å². The molecule has 0 fully saturated rings. The van der Waals surface area contributed by atoms with Crippen molar-refractivity contribution in [2.75, 3.05) is 5.73 Å². The van der Waals surface area contributed by atoms with Crippen molar-refractivity contribution < 1.29 is 9.66 Å². The second-order valence-electron chi connectivity index (χ2n) is 3.87. The number of nitro benzene ring substituents is 1. The zero-order chi connectivity index (χ0) is 14.7. The van der Waals surface area contributed by atoms with Gasteiger partial charge in [-0.3, -0.25) is 10.1 Å². The predicted molar refractivity (Wildman–Crippen MR) is 69.1 cm³/mol. The van der Waals surface area contributed by atoms with Crippen LogP contribution in [-0.2, 0) is 0 Å². The lowest BCUT2D eigenvalue weighted by Crippen LogP contribution is -2.00. The second kappa shape index (κ2) is 5.19. The Kier molecular flexibility index (Phi) is 3.43. The number of aromatic nitrogens is 2. The molecule has 20 heavy (non-hydrogen) atoms. The molecule has 0 saturated heterocycles. The molecule has 0 aliphatic heterocycles. The first-order chi connectivity index (χ1) is 9.51. The molecule has 0 amide bonds. The van der Waals surface area contributed by atoms with Crippen molar-refractivity contribution in [1.29, 1.82) is 5.26 Å². The number of nitro groups is 1. The molecule has 0 unspecified atom stereocenters. The highest BCUT2D eigenvalue weighted by Gasteiger charge is 2.18. The number of nitrogens with zero attached hydrogens (tertiary/aromatic N) is 4. The number of rotatable bonds is 3. The third-order valence-electron chi connectivity index (χ3n) is 2.44. The Labute approximate surface area is 113 Å².